The highest BCUT2D eigenvalue weighted by atomic mass is 19.1. The van der Waals surface area contributed by atoms with Crippen LogP contribution in [0.1, 0.15) is 30.9 Å². The van der Waals surface area contributed by atoms with E-state index in [0.717, 1.165) is 46.9 Å². The first kappa shape index (κ1) is 19.9. The van der Waals surface area contributed by atoms with Crippen molar-refractivity contribution >= 4 is 5.57 Å². The van der Waals surface area contributed by atoms with Crippen LogP contribution in [-0.4, -0.2) is 39.5 Å². The molecular weight excluding hydrogens is 369 g/mol. The van der Waals surface area contributed by atoms with Gasteiger partial charge >= 0.3 is 0 Å². The van der Waals surface area contributed by atoms with E-state index in [1.165, 1.54) is 25.0 Å². The van der Waals surface area contributed by atoms with Crippen LogP contribution in [0, 0.1) is 11.7 Å². The zero-order valence-electron chi connectivity index (χ0n) is 16.9. The molecule has 0 saturated heterocycles. The highest BCUT2D eigenvalue weighted by Crippen LogP contribution is 2.40. The maximum Gasteiger partial charge on any atom is 0.127 e. The van der Waals surface area contributed by atoms with Gasteiger partial charge in [0.2, 0.25) is 0 Å². The van der Waals surface area contributed by atoms with Gasteiger partial charge < -0.3 is 19.5 Å². The third-order valence-electron chi connectivity index (χ3n) is 5.26. The molecule has 0 radical (unpaired) electrons. The zero-order chi connectivity index (χ0) is 20.1. The van der Waals surface area contributed by atoms with E-state index in [1.807, 2.05) is 31.2 Å². The third-order valence-corrected chi connectivity index (χ3v) is 5.26. The molecule has 0 spiro atoms. The molecule has 5 heteroatoms. The maximum atomic E-state index is 13.5. The van der Waals surface area contributed by atoms with E-state index in [-0.39, 0.29) is 5.82 Å². The molecule has 4 nitrogen and oxygen atoms in total. The van der Waals surface area contributed by atoms with Crippen LogP contribution in [0.15, 0.2) is 48.0 Å². The Hall–Kier alpha value is -2.37. The van der Waals surface area contributed by atoms with Gasteiger partial charge in [-0.1, -0.05) is 12.1 Å². The minimum atomic E-state index is -0.237. The Labute approximate surface area is 171 Å². The highest BCUT2D eigenvalue weighted by Gasteiger charge is 2.24. The number of nitrogens with one attached hydrogen (secondary N) is 1. The second kappa shape index (κ2) is 9.42. The number of benzene rings is 2. The van der Waals surface area contributed by atoms with Gasteiger partial charge in [-0.2, -0.15) is 0 Å². The summed E-state index contributed by atoms with van der Waals surface area (Å²) < 4.78 is 30.9. The summed E-state index contributed by atoms with van der Waals surface area (Å²) in [7, 11) is 0. The lowest BCUT2D eigenvalue weighted by atomic mass is 9.90. The van der Waals surface area contributed by atoms with E-state index in [2.05, 4.69) is 11.4 Å². The number of hydrogen-bond donors (Lipinski definition) is 1. The van der Waals surface area contributed by atoms with Crippen LogP contribution in [0.4, 0.5) is 4.39 Å². The Morgan fingerprint density at radius 1 is 1.14 bits per heavy atom. The molecule has 0 amide bonds. The molecule has 0 aromatic heterocycles. The lowest BCUT2D eigenvalue weighted by Crippen LogP contribution is -2.26. The number of hydrogen-bond acceptors (Lipinski definition) is 4. The third kappa shape index (κ3) is 5.17. The van der Waals surface area contributed by atoms with Crippen molar-refractivity contribution in [2.24, 2.45) is 5.92 Å². The summed E-state index contributed by atoms with van der Waals surface area (Å²) in [5.41, 5.74) is 4.21. The van der Waals surface area contributed by atoms with E-state index < -0.39 is 0 Å². The van der Waals surface area contributed by atoms with Crippen molar-refractivity contribution < 1.29 is 18.6 Å². The van der Waals surface area contributed by atoms with Gasteiger partial charge in [-0.15, -0.1) is 0 Å². The van der Waals surface area contributed by atoms with E-state index in [4.69, 9.17) is 14.2 Å². The SMILES string of the molecule is CCOCCNCC1=C(c2ccc(F)cc2)c2cc(OCC3CC3)ccc2OC1. The van der Waals surface area contributed by atoms with Gasteiger partial charge in [0.1, 0.15) is 23.9 Å². The average molecular weight is 397 g/mol. The predicted molar refractivity (Wildman–Crippen MR) is 112 cm³/mol. The topological polar surface area (TPSA) is 39.7 Å². The van der Waals surface area contributed by atoms with Crippen LogP contribution >= 0.6 is 0 Å². The van der Waals surface area contributed by atoms with E-state index in [1.54, 1.807) is 0 Å². The Morgan fingerprint density at radius 2 is 1.97 bits per heavy atom. The minimum Gasteiger partial charge on any atom is -0.493 e. The molecule has 1 heterocycles. The first-order valence-corrected chi connectivity index (χ1v) is 10.4. The van der Waals surface area contributed by atoms with Crippen LogP contribution in [0.2, 0.25) is 0 Å². The molecular formula is C24H28FNO3. The van der Waals surface area contributed by atoms with Gasteiger partial charge in [0.15, 0.2) is 0 Å². The van der Waals surface area contributed by atoms with E-state index >= 15 is 0 Å². The van der Waals surface area contributed by atoms with Crippen molar-refractivity contribution in [3.05, 3.63) is 65.0 Å². The van der Waals surface area contributed by atoms with Gasteiger partial charge in [-0.3, -0.25) is 0 Å². The molecule has 1 aliphatic carbocycles. The summed E-state index contributed by atoms with van der Waals surface area (Å²) in [5.74, 6) is 2.14. The fraction of sp³-hybridized carbons (Fsp3) is 0.417. The monoisotopic (exact) mass is 397 g/mol. The fourth-order valence-electron chi connectivity index (χ4n) is 3.49. The molecule has 2 aliphatic rings. The zero-order valence-corrected chi connectivity index (χ0v) is 16.9. The van der Waals surface area contributed by atoms with Crippen molar-refractivity contribution in [3.8, 4) is 11.5 Å². The molecule has 2 aromatic rings. The number of fused-ring (bicyclic) bond motifs is 1. The molecule has 0 atom stereocenters. The standard InChI is InChI=1S/C24H28FNO3/c1-2-27-12-11-26-14-19-16-29-23-10-9-21(28-15-17-3-4-17)13-22(23)24(19)18-5-7-20(25)8-6-18/h5-10,13,17,26H,2-4,11-12,14-16H2,1H3. The normalized spacial score (nSPS) is 15.8. The molecule has 29 heavy (non-hydrogen) atoms. The van der Waals surface area contributed by atoms with Gasteiger partial charge in [-0.25, -0.2) is 4.39 Å². The van der Waals surface area contributed by atoms with Gasteiger partial charge in [0.05, 0.1) is 13.2 Å². The predicted octanol–water partition coefficient (Wildman–Crippen LogP) is 4.43. The summed E-state index contributed by atoms with van der Waals surface area (Å²) in [4.78, 5) is 0. The van der Waals surface area contributed by atoms with Crippen LogP contribution in [0.25, 0.3) is 5.57 Å². The largest absolute Gasteiger partial charge is 0.493 e. The molecule has 0 bridgehead atoms. The van der Waals surface area contributed by atoms with E-state index in [9.17, 15) is 4.39 Å². The molecule has 1 aliphatic heterocycles. The smallest absolute Gasteiger partial charge is 0.127 e. The van der Waals surface area contributed by atoms with Gasteiger partial charge in [-0.05, 0) is 72.7 Å². The molecule has 1 saturated carbocycles. The van der Waals surface area contributed by atoms with Crippen LogP contribution in [0.5, 0.6) is 11.5 Å². The van der Waals surface area contributed by atoms with Crippen molar-refractivity contribution in [1.29, 1.82) is 0 Å². The highest BCUT2D eigenvalue weighted by molar-refractivity contribution is 5.87. The first-order valence-electron chi connectivity index (χ1n) is 10.4. The molecule has 4 rings (SSSR count). The lowest BCUT2D eigenvalue weighted by molar-refractivity contribution is 0.150. The number of halogens is 1. The van der Waals surface area contributed by atoms with Crippen LogP contribution in [-0.2, 0) is 4.74 Å². The Morgan fingerprint density at radius 3 is 2.72 bits per heavy atom. The second-order valence-electron chi connectivity index (χ2n) is 7.56. The quantitative estimate of drug-likeness (QED) is 0.602. The second-order valence-corrected chi connectivity index (χ2v) is 7.56. The molecule has 0 unspecified atom stereocenters. The maximum absolute atomic E-state index is 13.5. The summed E-state index contributed by atoms with van der Waals surface area (Å²) >= 11 is 0. The fourth-order valence-corrected chi connectivity index (χ4v) is 3.49. The molecule has 1 N–H and O–H groups in total. The summed E-state index contributed by atoms with van der Waals surface area (Å²) in [5, 5.41) is 3.43. The molecule has 1 fully saturated rings. The number of ether oxygens (including phenoxy) is 3. The first-order chi connectivity index (χ1) is 14.2. The van der Waals surface area contributed by atoms with Crippen molar-refractivity contribution in [1.82, 2.24) is 5.32 Å². The number of rotatable bonds is 10. The van der Waals surface area contributed by atoms with Crippen molar-refractivity contribution in [2.75, 3.05) is 39.5 Å². The van der Waals surface area contributed by atoms with Crippen molar-refractivity contribution in [2.45, 2.75) is 19.8 Å². The average Bonchev–Trinajstić information content (AvgIpc) is 3.57. The lowest BCUT2D eigenvalue weighted by Gasteiger charge is -2.25. The Bertz CT molecular complexity index is 859. The van der Waals surface area contributed by atoms with E-state index in [0.29, 0.717) is 32.3 Å². The van der Waals surface area contributed by atoms with Crippen LogP contribution < -0.4 is 14.8 Å². The summed E-state index contributed by atoms with van der Waals surface area (Å²) in [6.07, 6.45) is 2.51. The minimum absolute atomic E-state index is 0.237. The molecule has 2 aromatic carbocycles. The summed E-state index contributed by atoms with van der Waals surface area (Å²) in [6.45, 7) is 6.10. The molecule has 154 valence electrons. The van der Waals surface area contributed by atoms with Gasteiger partial charge in [0.25, 0.3) is 0 Å². The Balaban J connectivity index is 1.62. The summed E-state index contributed by atoms with van der Waals surface area (Å²) in [6, 6.07) is 12.7. The van der Waals surface area contributed by atoms with Gasteiger partial charge in [0, 0.05) is 25.3 Å². The Kier molecular flexibility index (Phi) is 6.47. The van der Waals surface area contributed by atoms with Crippen LogP contribution in [0.3, 0.4) is 0 Å². The van der Waals surface area contributed by atoms with Crippen molar-refractivity contribution in [3.63, 3.8) is 0 Å².